The van der Waals surface area contributed by atoms with E-state index in [1.165, 1.54) is 0 Å². The molecule has 2 aromatic rings. The molecule has 0 saturated heterocycles. The molecule has 4 nitrogen and oxygen atoms in total. The highest BCUT2D eigenvalue weighted by atomic mass is 19.1. The van der Waals surface area contributed by atoms with E-state index in [-0.39, 0.29) is 16.9 Å². The Morgan fingerprint density at radius 2 is 2.06 bits per heavy atom. The van der Waals surface area contributed by atoms with E-state index < -0.39 is 17.2 Å². The lowest BCUT2D eigenvalue weighted by Crippen LogP contribution is -2.14. The van der Waals surface area contributed by atoms with Crippen LogP contribution in [0.15, 0.2) is 29.3 Å². The lowest BCUT2D eigenvalue weighted by Gasteiger charge is -2.04. The standard InChI is InChI=1S/C10H7F2N3O/c11-5-1-2-7(12)6(3-5)9-8(13)10(16)15-4-14-9/h1-4H,13H2,(H,14,15,16). The maximum absolute atomic E-state index is 13.4. The van der Waals surface area contributed by atoms with Crippen molar-refractivity contribution >= 4 is 5.69 Å². The van der Waals surface area contributed by atoms with Crippen LogP contribution in [0.3, 0.4) is 0 Å². The molecule has 1 aromatic carbocycles. The minimum atomic E-state index is -0.689. The van der Waals surface area contributed by atoms with E-state index >= 15 is 0 Å². The summed E-state index contributed by atoms with van der Waals surface area (Å²) in [4.78, 5) is 17.1. The Labute approximate surface area is 88.8 Å². The van der Waals surface area contributed by atoms with Crippen molar-refractivity contribution in [3.8, 4) is 11.3 Å². The first kappa shape index (κ1) is 10.3. The third-order valence-corrected chi connectivity index (χ3v) is 2.07. The molecule has 1 heterocycles. The Kier molecular flexibility index (Phi) is 2.40. The van der Waals surface area contributed by atoms with E-state index in [2.05, 4.69) is 9.97 Å². The molecule has 6 heteroatoms. The van der Waals surface area contributed by atoms with Gasteiger partial charge in [0.1, 0.15) is 23.0 Å². The minimum absolute atomic E-state index is 0.0687. The lowest BCUT2D eigenvalue weighted by atomic mass is 10.1. The molecule has 0 spiro atoms. The summed E-state index contributed by atoms with van der Waals surface area (Å²) in [7, 11) is 0. The summed E-state index contributed by atoms with van der Waals surface area (Å²) in [5, 5.41) is 0. The van der Waals surface area contributed by atoms with Gasteiger partial charge in [-0.2, -0.15) is 0 Å². The smallest absolute Gasteiger partial charge is 0.274 e. The number of nitrogens with one attached hydrogen (secondary N) is 1. The van der Waals surface area contributed by atoms with Crippen LogP contribution in [0.2, 0.25) is 0 Å². The van der Waals surface area contributed by atoms with Crippen LogP contribution in [0, 0.1) is 11.6 Å². The van der Waals surface area contributed by atoms with E-state index in [1.54, 1.807) is 0 Å². The van der Waals surface area contributed by atoms with Gasteiger partial charge in [-0.05, 0) is 18.2 Å². The van der Waals surface area contributed by atoms with Gasteiger partial charge in [0.05, 0.1) is 6.33 Å². The van der Waals surface area contributed by atoms with E-state index in [1.807, 2.05) is 0 Å². The topological polar surface area (TPSA) is 71.8 Å². The number of aromatic nitrogens is 2. The number of hydrogen-bond donors (Lipinski definition) is 2. The Morgan fingerprint density at radius 1 is 1.31 bits per heavy atom. The fraction of sp³-hybridized carbons (Fsp3) is 0. The molecule has 3 N–H and O–H groups in total. The number of nitrogens with two attached hydrogens (primary N) is 1. The van der Waals surface area contributed by atoms with Gasteiger partial charge < -0.3 is 10.7 Å². The van der Waals surface area contributed by atoms with Crippen molar-refractivity contribution in [2.45, 2.75) is 0 Å². The van der Waals surface area contributed by atoms with Gasteiger partial charge in [0, 0.05) is 5.56 Å². The molecule has 82 valence electrons. The van der Waals surface area contributed by atoms with Gasteiger partial charge >= 0.3 is 0 Å². The molecule has 0 radical (unpaired) electrons. The zero-order chi connectivity index (χ0) is 11.7. The highest BCUT2D eigenvalue weighted by Gasteiger charge is 2.12. The first-order valence-electron chi connectivity index (χ1n) is 4.38. The van der Waals surface area contributed by atoms with Crippen molar-refractivity contribution in [2.75, 3.05) is 5.73 Å². The van der Waals surface area contributed by atoms with Crippen LogP contribution < -0.4 is 11.3 Å². The lowest BCUT2D eigenvalue weighted by molar-refractivity contribution is 0.602. The van der Waals surface area contributed by atoms with E-state index in [4.69, 9.17) is 5.73 Å². The van der Waals surface area contributed by atoms with E-state index in [9.17, 15) is 13.6 Å². The Hall–Kier alpha value is -2.24. The number of halogens is 2. The van der Waals surface area contributed by atoms with Crippen LogP contribution in [0.25, 0.3) is 11.3 Å². The van der Waals surface area contributed by atoms with Crippen LogP contribution in [0.4, 0.5) is 14.5 Å². The van der Waals surface area contributed by atoms with Crippen molar-refractivity contribution in [1.82, 2.24) is 9.97 Å². The quantitative estimate of drug-likeness (QED) is 0.765. The second-order valence-electron chi connectivity index (χ2n) is 3.12. The van der Waals surface area contributed by atoms with Crippen LogP contribution >= 0.6 is 0 Å². The number of benzene rings is 1. The Balaban J connectivity index is 2.72. The van der Waals surface area contributed by atoms with Crippen LogP contribution in [-0.2, 0) is 0 Å². The molecule has 0 aliphatic rings. The third kappa shape index (κ3) is 1.65. The maximum Gasteiger partial charge on any atom is 0.274 e. The number of anilines is 1. The Morgan fingerprint density at radius 3 is 2.81 bits per heavy atom. The van der Waals surface area contributed by atoms with Gasteiger partial charge in [-0.25, -0.2) is 13.8 Å². The minimum Gasteiger partial charge on any atom is -0.392 e. The normalized spacial score (nSPS) is 10.4. The molecule has 0 atom stereocenters. The zero-order valence-corrected chi connectivity index (χ0v) is 8.00. The predicted molar refractivity (Wildman–Crippen MR) is 54.6 cm³/mol. The van der Waals surface area contributed by atoms with Crippen molar-refractivity contribution in [3.05, 3.63) is 46.5 Å². The van der Waals surface area contributed by atoms with Crippen molar-refractivity contribution in [2.24, 2.45) is 0 Å². The molecule has 0 aliphatic carbocycles. The second-order valence-corrected chi connectivity index (χ2v) is 3.12. The summed E-state index contributed by atoms with van der Waals surface area (Å²) in [6.07, 6.45) is 1.08. The maximum atomic E-state index is 13.4. The molecule has 0 amide bonds. The second kappa shape index (κ2) is 3.73. The van der Waals surface area contributed by atoms with Gasteiger partial charge in [0.2, 0.25) is 0 Å². The van der Waals surface area contributed by atoms with Crippen molar-refractivity contribution in [3.63, 3.8) is 0 Å². The fourth-order valence-electron chi connectivity index (χ4n) is 1.30. The number of hydrogen-bond acceptors (Lipinski definition) is 3. The number of aromatic amines is 1. The summed E-state index contributed by atoms with van der Waals surface area (Å²) in [5.41, 5.74) is 4.40. The highest BCUT2D eigenvalue weighted by Crippen LogP contribution is 2.24. The highest BCUT2D eigenvalue weighted by molar-refractivity contribution is 5.71. The third-order valence-electron chi connectivity index (χ3n) is 2.07. The van der Waals surface area contributed by atoms with Crippen molar-refractivity contribution in [1.29, 1.82) is 0 Å². The molecular formula is C10H7F2N3O. The molecular weight excluding hydrogens is 216 g/mol. The molecule has 2 rings (SSSR count). The average molecular weight is 223 g/mol. The molecule has 0 unspecified atom stereocenters. The first-order valence-corrected chi connectivity index (χ1v) is 4.38. The molecule has 16 heavy (non-hydrogen) atoms. The first-order chi connectivity index (χ1) is 7.59. The average Bonchev–Trinajstić information content (AvgIpc) is 2.26. The van der Waals surface area contributed by atoms with E-state index in [0.717, 1.165) is 24.5 Å². The van der Waals surface area contributed by atoms with E-state index in [0.29, 0.717) is 0 Å². The number of rotatable bonds is 1. The summed E-state index contributed by atoms with van der Waals surface area (Å²) >= 11 is 0. The number of nitrogens with zero attached hydrogens (tertiary/aromatic N) is 1. The molecule has 0 saturated carbocycles. The van der Waals surface area contributed by atoms with Gasteiger partial charge in [-0.1, -0.05) is 0 Å². The fourth-order valence-corrected chi connectivity index (χ4v) is 1.30. The molecule has 0 aliphatic heterocycles. The van der Waals surface area contributed by atoms with Gasteiger partial charge in [-0.15, -0.1) is 0 Å². The zero-order valence-electron chi connectivity index (χ0n) is 8.00. The number of H-pyrrole nitrogens is 1. The Bertz CT molecular complexity index is 595. The summed E-state index contributed by atoms with van der Waals surface area (Å²) in [6.45, 7) is 0. The van der Waals surface area contributed by atoms with Crippen LogP contribution in [0.1, 0.15) is 0 Å². The predicted octanol–water partition coefficient (Wildman–Crippen LogP) is 1.30. The number of nitrogen functional groups attached to an aromatic ring is 1. The summed E-state index contributed by atoms with van der Waals surface area (Å²) in [6, 6.07) is 2.86. The molecule has 1 aromatic heterocycles. The molecule has 0 fully saturated rings. The SMILES string of the molecule is Nc1c(-c2cc(F)ccc2F)nc[nH]c1=O. The molecule has 0 bridgehead atoms. The van der Waals surface area contributed by atoms with Gasteiger partial charge in [0.15, 0.2) is 0 Å². The largest absolute Gasteiger partial charge is 0.392 e. The van der Waals surface area contributed by atoms with Crippen molar-refractivity contribution < 1.29 is 8.78 Å². The summed E-state index contributed by atoms with van der Waals surface area (Å²) < 4.78 is 26.3. The summed E-state index contributed by atoms with van der Waals surface area (Å²) in [5.74, 6) is -1.32. The van der Waals surface area contributed by atoms with Gasteiger partial charge in [-0.3, -0.25) is 4.79 Å². The monoisotopic (exact) mass is 223 g/mol. The van der Waals surface area contributed by atoms with Crippen LogP contribution in [-0.4, -0.2) is 9.97 Å². The van der Waals surface area contributed by atoms with Gasteiger partial charge in [0.25, 0.3) is 5.56 Å². The van der Waals surface area contributed by atoms with Crippen LogP contribution in [0.5, 0.6) is 0 Å².